The molecule has 0 saturated carbocycles. The van der Waals surface area contributed by atoms with Gasteiger partial charge in [0.15, 0.2) is 17.3 Å². The molecule has 0 amide bonds. The largest absolute Gasteiger partial charge is 0.452 e. The minimum absolute atomic E-state index is 0.0418. The van der Waals surface area contributed by atoms with Crippen LogP contribution in [0.1, 0.15) is 5.56 Å². The predicted molar refractivity (Wildman–Crippen MR) is 74.8 cm³/mol. The van der Waals surface area contributed by atoms with Crippen LogP contribution in [0, 0.1) is 17.1 Å². The number of ether oxygens (including phenoxy) is 1. The zero-order valence-electron chi connectivity index (χ0n) is 9.45. The number of benzene rings is 2. The summed E-state index contributed by atoms with van der Waals surface area (Å²) in [4.78, 5) is 0. The van der Waals surface area contributed by atoms with Crippen LogP contribution in [0.15, 0.2) is 34.8 Å². The Kier molecular flexibility index (Phi) is 3.93. The summed E-state index contributed by atoms with van der Waals surface area (Å²) in [7, 11) is 0. The zero-order valence-corrected chi connectivity index (χ0v) is 11.8. The highest BCUT2D eigenvalue weighted by molar-refractivity contribution is 9.10. The van der Waals surface area contributed by atoms with Crippen molar-refractivity contribution in [2.24, 2.45) is 0 Å². The van der Waals surface area contributed by atoms with Gasteiger partial charge in [-0.3, -0.25) is 0 Å². The maximum Gasteiger partial charge on any atom is 0.181 e. The van der Waals surface area contributed by atoms with Gasteiger partial charge in [-0.25, -0.2) is 4.39 Å². The monoisotopic (exact) mass is 340 g/mol. The van der Waals surface area contributed by atoms with Gasteiger partial charge in [0.05, 0.1) is 15.7 Å². The quantitative estimate of drug-likeness (QED) is 0.819. The van der Waals surface area contributed by atoms with Gasteiger partial charge in [-0.1, -0.05) is 11.6 Å². The van der Waals surface area contributed by atoms with Gasteiger partial charge in [0.1, 0.15) is 6.07 Å². The van der Waals surface area contributed by atoms with Crippen molar-refractivity contribution in [1.82, 2.24) is 0 Å². The number of rotatable bonds is 2. The van der Waals surface area contributed by atoms with Crippen LogP contribution in [0.25, 0.3) is 0 Å². The summed E-state index contributed by atoms with van der Waals surface area (Å²) in [5.74, 6) is -0.457. The Balaban J connectivity index is 2.42. The highest BCUT2D eigenvalue weighted by atomic mass is 79.9. The normalized spacial score (nSPS) is 10.0. The van der Waals surface area contributed by atoms with Gasteiger partial charge in [-0.15, -0.1) is 0 Å². The van der Waals surface area contributed by atoms with E-state index in [-0.39, 0.29) is 21.5 Å². The second-order valence-corrected chi connectivity index (χ2v) is 4.86. The van der Waals surface area contributed by atoms with Crippen molar-refractivity contribution in [2.75, 3.05) is 5.73 Å². The molecule has 2 aromatic carbocycles. The second kappa shape index (κ2) is 5.47. The molecular weight excluding hydrogens is 335 g/mol. The molecule has 0 aliphatic carbocycles. The van der Waals surface area contributed by atoms with Crippen molar-refractivity contribution in [1.29, 1.82) is 5.26 Å². The third kappa shape index (κ3) is 2.80. The third-order valence-electron chi connectivity index (χ3n) is 2.36. The van der Waals surface area contributed by atoms with Gasteiger partial charge in [0, 0.05) is 11.1 Å². The molecule has 96 valence electrons. The highest BCUT2D eigenvalue weighted by Crippen LogP contribution is 2.34. The molecule has 0 fully saturated rings. The SMILES string of the molecule is N#Cc1ccc(Oc2cc(Cl)ccc2N)c(F)c1Br. The number of nitrogens with zero attached hydrogens (tertiary/aromatic N) is 1. The molecule has 0 bridgehead atoms. The van der Waals surface area contributed by atoms with E-state index in [4.69, 9.17) is 27.3 Å². The Bertz CT molecular complexity index is 685. The Morgan fingerprint density at radius 2 is 2.00 bits per heavy atom. The van der Waals surface area contributed by atoms with E-state index < -0.39 is 5.82 Å². The number of halogens is 3. The van der Waals surface area contributed by atoms with Crippen molar-refractivity contribution in [2.45, 2.75) is 0 Å². The van der Waals surface area contributed by atoms with Crippen LogP contribution in [-0.2, 0) is 0 Å². The van der Waals surface area contributed by atoms with E-state index in [2.05, 4.69) is 15.9 Å². The van der Waals surface area contributed by atoms with E-state index in [9.17, 15) is 4.39 Å². The molecule has 0 aromatic heterocycles. The van der Waals surface area contributed by atoms with E-state index in [1.807, 2.05) is 6.07 Å². The molecule has 0 unspecified atom stereocenters. The lowest BCUT2D eigenvalue weighted by Crippen LogP contribution is -1.95. The molecule has 6 heteroatoms. The number of anilines is 1. The summed E-state index contributed by atoms with van der Waals surface area (Å²) in [5.41, 5.74) is 6.23. The average molecular weight is 342 g/mol. The first-order valence-corrected chi connectivity index (χ1v) is 6.31. The van der Waals surface area contributed by atoms with Gasteiger partial charge < -0.3 is 10.5 Å². The Labute approximate surface area is 122 Å². The van der Waals surface area contributed by atoms with Crippen LogP contribution in [-0.4, -0.2) is 0 Å². The smallest absolute Gasteiger partial charge is 0.181 e. The van der Waals surface area contributed by atoms with Crippen LogP contribution >= 0.6 is 27.5 Å². The molecule has 2 aromatic rings. The maximum atomic E-state index is 14.0. The van der Waals surface area contributed by atoms with E-state index >= 15 is 0 Å². The summed E-state index contributed by atoms with van der Waals surface area (Å²) in [6, 6.07) is 9.33. The number of nitrogen functional groups attached to an aromatic ring is 1. The fraction of sp³-hybridized carbons (Fsp3) is 0. The van der Waals surface area contributed by atoms with Crippen LogP contribution in [0.2, 0.25) is 5.02 Å². The molecule has 0 saturated heterocycles. The van der Waals surface area contributed by atoms with Crippen molar-refractivity contribution < 1.29 is 9.13 Å². The van der Waals surface area contributed by atoms with Gasteiger partial charge >= 0.3 is 0 Å². The summed E-state index contributed by atoms with van der Waals surface area (Å²) < 4.78 is 19.4. The lowest BCUT2D eigenvalue weighted by Gasteiger charge is -2.10. The standard InChI is InChI=1S/C13H7BrClFN2O/c14-12-7(6-17)1-4-10(13(12)16)19-11-5-8(15)2-3-9(11)18/h1-5H,18H2. The number of nitriles is 1. The van der Waals surface area contributed by atoms with Gasteiger partial charge in [-0.2, -0.15) is 5.26 Å². The highest BCUT2D eigenvalue weighted by Gasteiger charge is 2.14. The Morgan fingerprint density at radius 3 is 2.68 bits per heavy atom. The summed E-state index contributed by atoms with van der Waals surface area (Å²) in [6.07, 6.45) is 0. The lowest BCUT2D eigenvalue weighted by atomic mass is 10.2. The fourth-order valence-electron chi connectivity index (χ4n) is 1.41. The van der Waals surface area contributed by atoms with Crippen molar-refractivity contribution in [3.63, 3.8) is 0 Å². The van der Waals surface area contributed by atoms with E-state index in [0.717, 1.165) is 0 Å². The average Bonchev–Trinajstić information content (AvgIpc) is 2.39. The first kappa shape index (κ1) is 13.7. The Morgan fingerprint density at radius 1 is 1.26 bits per heavy atom. The third-order valence-corrected chi connectivity index (χ3v) is 3.37. The molecule has 0 heterocycles. The molecule has 2 rings (SSSR count). The van der Waals surface area contributed by atoms with Gasteiger partial charge in [0.25, 0.3) is 0 Å². The topological polar surface area (TPSA) is 59.0 Å². The summed E-state index contributed by atoms with van der Waals surface area (Å²) >= 11 is 8.82. The van der Waals surface area contributed by atoms with Crippen LogP contribution in [0.5, 0.6) is 11.5 Å². The number of hydrogen-bond acceptors (Lipinski definition) is 3. The first-order valence-electron chi connectivity index (χ1n) is 5.14. The predicted octanol–water partition coefficient (Wildman–Crippen LogP) is 4.49. The maximum absolute atomic E-state index is 14.0. The van der Waals surface area contributed by atoms with Gasteiger partial charge in [0.2, 0.25) is 0 Å². The van der Waals surface area contributed by atoms with E-state index in [0.29, 0.717) is 10.7 Å². The molecule has 0 radical (unpaired) electrons. The minimum atomic E-state index is -0.668. The molecule has 2 N–H and O–H groups in total. The zero-order chi connectivity index (χ0) is 14.0. The van der Waals surface area contributed by atoms with Crippen LogP contribution < -0.4 is 10.5 Å². The molecule has 0 aliphatic rings. The molecule has 0 spiro atoms. The fourth-order valence-corrected chi connectivity index (χ4v) is 1.99. The van der Waals surface area contributed by atoms with Crippen molar-refractivity contribution in [3.05, 3.63) is 51.2 Å². The molecule has 3 nitrogen and oxygen atoms in total. The van der Waals surface area contributed by atoms with Gasteiger partial charge in [-0.05, 0) is 40.2 Å². The minimum Gasteiger partial charge on any atom is -0.452 e. The van der Waals surface area contributed by atoms with Crippen LogP contribution in [0.4, 0.5) is 10.1 Å². The summed E-state index contributed by atoms with van der Waals surface area (Å²) in [5, 5.41) is 9.21. The lowest BCUT2D eigenvalue weighted by molar-refractivity contribution is 0.442. The van der Waals surface area contributed by atoms with E-state index in [1.165, 1.54) is 18.2 Å². The molecule has 0 atom stereocenters. The number of hydrogen-bond donors (Lipinski definition) is 1. The molecular formula is C13H7BrClFN2O. The Hall–Kier alpha value is -1.77. The molecule has 19 heavy (non-hydrogen) atoms. The van der Waals surface area contributed by atoms with Crippen LogP contribution in [0.3, 0.4) is 0 Å². The van der Waals surface area contributed by atoms with Crippen molar-refractivity contribution in [3.8, 4) is 17.6 Å². The number of nitrogens with two attached hydrogens (primary N) is 1. The van der Waals surface area contributed by atoms with Crippen molar-refractivity contribution >= 4 is 33.2 Å². The first-order chi connectivity index (χ1) is 9.02. The van der Waals surface area contributed by atoms with E-state index in [1.54, 1.807) is 12.1 Å². The second-order valence-electron chi connectivity index (χ2n) is 3.64. The molecule has 0 aliphatic heterocycles. The summed E-state index contributed by atoms with van der Waals surface area (Å²) in [6.45, 7) is 0.